The molecule has 1 heterocycles. The predicted molar refractivity (Wildman–Crippen MR) is 77.4 cm³/mol. The Morgan fingerprint density at radius 1 is 1.26 bits per heavy atom. The molecule has 5 heteroatoms. The first-order valence-corrected chi connectivity index (χ1v) is 7.10. The van der Waals surface area contributed by atoms with Crippen molar-refractivity contribution in [1.82, 2.24) is 9.97 Å². The summed E-state index contributed by atoms with van der Waals surface area (Å²) in [5.41, 5.74) is 0.238. The summed E-state index contributed by atoms with van der Waals surface area (Å²) in [5, 5.41) is 6.83. The number of rotatable bonds is 7. The summed E-state index contributed by atoms with van der Waals surface area (Å²) in [6.07, 6.45) is 4.89. The summed E-state index contributed by atoms with van der Waals surface area (Å²) >= 11 is 0. The first-order chi connectivity index (χ1) is 9.21. The van der Waals surface area contributed by atoms with Crippen molar-refractivity contribution in [2.45, 2.75) is 51.7 Å². The number of nitrogens with one attached hydrogen (secondary N) is 2. The highest BCUT2D eigenvalue weighted by Crippen LogP contribution is 2.37. The highest BCUT2D eigenvalue weighted by atomic mass is 16.5. The maximum absolute atomic E-state index is 5.13. The molecule has 0 aliphatic heterocycles. The Morgan fingerprint density at radius 3 is 2.53 bits per heavy atom. The summed E-state index contributed by atoms with van der Waals surface area (Å²) in [6.45, 7) is 5.58. The number of hydrogen-bond acceptors (Lipinski definition) is 5. The van der Waals surface area contributed by atoms with Gasteiger partial charge in [-0.2, -0.15) is 0 Å². The van der Waals surface area contributed by atoms with E-state index in [1.807, 2.05) is 6.07 Å². The van der Waals surface area contributed by atoms with Crippen molar-refractivity contribution in [3.63, 3.8) is 0 Å². The summed E-state index contributed by atoms with van der Waals surface area (Å²) in [7, 11) is 1.66. The molecule has 0 saturated heterocycles. The lowest BCUT2D eigenvalue weighted by atomic mass is 9.75. The van der Waals surface area contributed by atoms with Crippen molar-refractivity contribution in [3.8, 4) is 0 Å². The van der Waals surface area contributed by atoms with E-state index in [0.717, 1.165) is 24.6 Å². The van der Waals surface area contributed by atoms with Crippen LogP contribution in [0, 0.1) is 0 Å². The molecule has 1 aromatic rings. The van der Waals surface area contributed by atoms with Crippen molar-refractivity contribution in [3.05, 3.63) is 11.9 Å². The first kappa shape index (κ1) is 14.1. The fourth-order valence-corrected chi connectivity index (χ4v) is 2.47. The summed E-state index contributed by atoms with van der Waals surface area (Å²) < 4.78 is 5.13. The van der Waals surface area contributed by atoms with Crippen LogP contribution in [0.2, 0.25) is 0 Å². The molecule has 1 saturated carbocycles. The third-order valence-corrected chi connectivity index (χ3v) is 3.78. The van der Waals surface area contributed by atoms with Crippen LogP contribution in [0.15, 0.2) is 6.07 Å². The van der Waals surface area contributed by atoms with Gasteiger partial charge >= 0.3 is 0 Å². The van der Waals surface area contributed by atoms with Gasteiger partial charge in [0.05, 0.1) is 0 Å². The van der Waals surface area contributed by atoms with Gasteiger partial charge in [-0.25, -0.2) is 9.97 Å². The molecule has 1 fully saturated rings. The number of hydrogen-bond donors (Lipinski definition) is 2. The molecule has 106 valence electrons. The van der Waals surface area contributed by atoms with Gasteiger partial charge in [0.25, 0.3) is 0 Å². The second-order valence-corrected chi connectivity index (χ2v) is 5.13. The minimum absolute atomic E-state index is 0.238. The zero-order chi connectivity index (χ0) is 13.7. The average Bonchev–Trinajstić information content (AvgIpc) is 2.34. The molecule has 5 nitrogen and oxygen atoms in total. The minimum atomic E-state index is 0.238. The van der Waals surface area contributed by atoms with Gasteiger partial charge in [0.15, 0.2) is 5.82 Å². The number of aromatic nitrogens is 2. The van der Waals surface area contributed by atoms with E-state index in [1.54, 1.807) is 7.11 Å². The monoisotopic (exact) mass is 264 g/mol. The van der Waals surface area contributed by atoms with Crippen LogP contribution in [0.4, 0.5) is 11.6 Å². The second kappa shape index (κ2) is 6.19. The van der Waals surface area contributed by atoms with E-state index in [-0.39, 0.29) is 5.54 Å². The fraction of sp³-hybridized carbons (Fsp3) is 0.714. The molecule has 0 radical (unpaired) electrons. The Hall–Kier alpha value is -1.36. The molecule has 2 N–H and O–H groups in total. The lowest BCUT2D eigenvalue weighted by Gasteiger charge is -2.42. The SMILES string of the molecule is CCNc1cc(NC2(CC)CCC2)nc(COC)n1. The van der Waals surface area contributed by atoms with Crippen LogP contribution in [-0.4, -0.2) is 29.2 Å². The fourth-order valence-electron chi connectivity index (χ4n) is 2.47. The molecule has 0 aromatic carbocycles. The van der Waals surface area contributed by atoms with E-state index >= 15 is 0 Å². The Balaban J connectivity index is 2.17. The summed E-state index contributed by atoms with van der Waals surface area (Å²) in [4.78, 5) is 8.96. The maximum Gasteiger partial charge on any atom is 0.158 e. The number of nitrogens with zero attached hydrogens (tertiary/aromatic N) is 2. The van der Waals surface area contributed by atoms with Crippen LogP contribution >= 0.6 is 0 Å². The van der Waals surface area contributed by atoms with Crippen LogP contribution < -0.4 is 10.6 Å². The van der Waals surface area contributed by atoms with E-state index in [4.69, 9.17) is 4.74 Å². The molecule has 2 rings (SSSR count). The molecule has 0 spiro atoms. The molecule has 19 heavy (non-hydrogen) atoms. The van der Waals surface area contributed by atoms with E-state index in [0.29, 0.717) is 12.4 Å². The zero-order valence-corrected chi connectivity index (χ0v) is 12.1. The van der Waals surface area contributed by atoms with Gasteiger partial charge in [0.1, 0.15) is 18.2 Å². The average molecular weight is 264 g/mol. The molecule has 0 atom stereocenters. The molecule has 1 aliphatic carbocycles. The summed E-state index contributed by atoms with van der Waals surface area (Å²) in [6, 6.07) is 1.98. The largest absolute Gasteiger partial charge is 0.377 e. The van der Waals surface area contributed by atoms with E-state index in [1.165, 1.54) is 19.3 Å². The van der Waals surface area contributed by atoms with Crippen LogP contribution in [-0.2, 0) is 11.3 Å². The van der Waals surface area contributed by atoms with Gasteiger partial charge in [-0.1, -0.05) is 6.92 Å². The van der Waals surface area contributed by atoms with Gasteiger partial charge in [-0.05, 0) is 32.6 Å². The zero-order valence-electron chi connectivity index (χ0n) is 12.1. The van der Waals surface area contributed by atoms with Gasteiger partial charge in [-0.3, -0.25) is 0 Å². The van der Waals surface area contributed by atoms with Crippen LogP contribution in [0.25, 0.3) is 0 Å². The first-order valence-electron chi connectivity index (χ1n) is 7.10. The van der Waals surface area contributed by atoms with Crippen molar-refractivity contribution < 1.29 is 4.74 Å². The van der Waals surface area contributed by atoms with Gasteiger partial charge in [0, 0.05) is 25.3 Å². The molecule has 0 bridgehead atoms. The van der Waals surface area contributed by atoms with Crippen molar-refractivity contribution in [2.75, 3.05) is 24.3 Å². The van der Waals surface area contributed by atoms with Crippen molar-refractivity contribution >= 4 is 11.6 Å². The minimum Gasteiger partial charge on any atom is -0.377 e. The van der Waals surface area contributed by atoms with Crippen molar-refractivity contribution in [1.29, 1.82) is 0 Å². The highest BCUT2D eigenvalue weighted by molar-refractivity contribution is 5.49. The smallest absolute Gasteiger partial charge is 0.158 e. The third-order valence-electron chi connectivity index (χ3n) is 3.78. The lowest BCUT2D eigenvalue weighted by Crippen LogP contribution is -2.44. The number of ether oxygens (including phenoxy) is 1. The van der Waals surface area contributed by atoms with Gasteiger partial charge < -0.3 is 15.4 Å². The maximum atomic E-state index is 5.13. The normalized spacial score (nSPS) is 16.8. The topological polar surface area (TPSA) is 59.1 Å². The molecule has 0 unspecified atom stereocenters. The molecule has 1 aromatic heterocycles. The molecule has 1 aliphatic rings. The van der Waals surface area contributed by atoms with E-state index in [2.05, 4.69) is 34.4 Å². The highest BCUT2D eigenvalue weighted by Gasteiger charge is 2.35. The standard InChI is InChI=1S/C14H24N4O/c1-4-14(7-6-8-14)18-12-9-11(15-5-2)16-13(17-12)10-19-3/h9H,4-8,10H2,1-3H3,(H2,15,16,17,18). The lowest BCUT2D eigenvalue weighted by molar-refractivity contribution is 0.178. The Labute approximate surface area is 115 Å². The second-order valence-electron chi connectivity index (χ2n) is 5.13. The van der Waals surface area contributed by atoms with Gasteiger partial charge in [-0.15, -0.1) is 0 Å². The van der Waals surface area contributed by atoms with Gasteiger partial charge in [0.2, 0.25) is 0 Å². The van der Waals surface area contributed by atoms with Crippen LogP contribution in [0.3, 0.4) is 0 Å². The van der Waals surface area contributed by atoms with Crippen LogP contribution in [0.5, 0.6) is 0 Å². The molecular weight excluding hydrogens is 240 g/mol. The van der Waals surface area contributed by atoms with E-state index in [9.17, 15) is 0 Å². The predicted octanol–water partition coefficient (Wildman–Crippen LogP) is 2.80. The Kier molecular flexibility index (Phi) is 4.58. The summed E-state index contributed by atoms with van der Waals surface area (Å²) in [5.74, 6) is 2.48. The molecule has 0 amide bonds. The third kappa shape index (κ3) is 3.35. The van der Waals surface area contributed by atoms with Crippen LogP contribution in [0.1, 0.15) is 45.4 Å². The van der Waals surface area contributed by atoms with E-state index < -0.39 is 0 Å². The molecular formula is C14H24N4O. The quantitative estimate of drug-likeness (QED) is 0.793. The Morgan fingerprint density at radius 2 is 2.00 bits per heavy atom. The number of anilines is 2. The Bertz CT molecular complexity index is 388. The van der Waals surface area contributed by atoms with Crippen molar-refractivity contribution in [2.24, 2.45) is 0 Å². The number of methoxy groups -OCH3 is 1.